The molecular formula is C31H20N4O2. The van der Waals surface area contributed by atoms with Crippen molar-refractivity contribution in [2.75, 3.05) is 0 Å². The second-order valence-corrected chi connectivity index (χ2v) is 9.15. The van der Waals surface area contributed by atoms with Crippen LogP contribution in [0, 0.1) is 0 Å². The smallest absolute Gasteiger partial charge is 0.197 e. The lowest BCUT2D eigenvalue weighted by molar-refractivity contribution is 0.0990. The standard InChI is InChI=1S/C31H20N4O2/c1-34-27-17-23(16-26-28(36)24-14-20-10-5-6-11-21(20)15-25(24)29(26)37)35(22-12-7-13-32-18-22)31(27)33-30(34)19-8-3-2-4-9-19/h2-18H,1H3. The molecule has 0 fully saturated rings. The van der Waals surface area contributed by atoms with Gasteiger partial charge in [-0.1, -0.05) is 54.6 Å². The predicted molar refractivity (Wildman–Crippen MR) is 144 cm³/mol. The van der Waals surface area contributed by atoms with Gasteiger partial charge < -0.3 is 4.57 Å². The summed E-state index contributed by atoms with van der Waals surface area (Å²) in [6.07, 6.45) is 5.14. The molecule has 176 valence electrons. The topological polar surface area (TPSA) is 69.8 Å². The Balaban J connectivity index is 1.43. The van der Waals surface area contributed by atoms with Crippen LogP contribution in [-0.2, 0) is 7.05 Å². The molecule has 3 aromatic heterocycles. The molecule has 6 heteroatoms. The van der Waals surface area contributed by atoms with Gasteiger partial charge in [-0.25, -0.2) is 4.98 Å². The summed E-state index contributed by atoms with van der Waals surface area (Å²) in [5, 5.41) is 1.87. The number of hydrogen-bond acceptors (Lipinski definition) is 4. The fraction of sp³-hybridized carbons (Fsp3) is 0.0323. The van der Waals surface area contributed by atoms with Crippen LogP contribution in [0.15, 0.2) is 103 Å². The van der Waals surface area contributed by atoms with Crippen molar-refractivity contribution < 1.29 is 9.59 Å². The van der Waals surface area contributed by atoms with Crippen LogP contribution in [0.2, 0.25) is 0 Å². The fourth-order valence-corrected chi connectivity index (χ4v) is 5.15. The molecule has 0 saturated heterocycles. The zero-order valence-corrected chi connectivity index (χ0v) is 19.9. The Hall–Kier alpha value is -5.10. The summed E-state index contributed by atoms with van der Waals surface area (Å²) in [4.78, 5) is 36.1. The number of nitrogens with zero attached hydrogens (tertiary/aromatic N) is 4. The maximum Gasteiger partial charge on any atom is 0.197 e. The average Bonchev–Trinajstić information content (AvgIpc) is 3.53. The molecule has 6 nitrogen and oxygen atoms in total. The van der Waals surface area contributed by atoms with E-state index in [4.69, 9.17) is 4.98 Å². The molecule has 0 unspecified atom stereocenters. The summed E-state index contributed by atoms with van der Waals surface area (Å²) >= 11 is 0. The van der Waals surface area contributed by atoms with Gasteiger partial charge in [0, 0.05) is 29.9 Å². The summed E-state index contributed by atoms with van der Waals surface area (Å²) in [7, 11) is 1.97. The van der Waals surface area contributed by atoms with Gasteiger partial charge in [-0.05, 0) is 47.2 Å². The van der Waals surface area contributed by atoms with Crippen molar-refractivity contribution in [3.8, 4) is 17.1 Å². The molecule has 3 aromatic carbocycles. The lowest BCUT2D eigenvalue weighted by Gasteiger charge is -2.07. The first-order valence-electron chi connectivity index (χ1n) is 12.0. The van der Waals surface area contributed by atoms with Crippen molar-refractivity contribution in [3.63, 3.8) is 0 Å². The van der Waals surface area contributed by atoms with Gasteiger partial charge in [-0.2, -0.15) is 0 Å². The van der Waals surface area contributed by atoms with Crippen LogP contribution in [0.5, 0.6) is 0 Å². The first-order valence-corrected chi connectivity index (χ1v) is 12.0. The minimum absolute atomic E-state index is 0.154. The molecule has 0 aliphatic heterocycles. The highest BCUT2D eigenvalue weighted by molar-refractivity contribution is 6.42. The Labute approximate surface area is 212 Å². The molecule has 0 amide bonds. The quantitative estimate of drug-likeness (QED) is 0.229. The molecule has 0 spiro atoms. The summed E-state index contributed by atoms with van der Waals surface area (Å²) in [6, 6.07) is 27.1. The zero-order valence-electron chi connectivity index (χ0n) is 19.9. The van der Waals surface area contributed by atoms with E-state index < -0.39 is 0 Å². The molecule has 3 heterocycles. The molecule has 0 atom stereocenters. The van der Waals surface area contributed by atoms with Crippen LogP contribution in [0.3, 0.4) is 0 Å². The van der Waals surface area contributed by atoms with Gasteiger partial charge in [0.2, 0.25) is 0 Å². The number of ketones is 2. The predicted octanol–water partition coefficient (Wildman–Crippen LogP) is 6.04. The van der Waals surface area contributed by atoms with E-state index in [2.05, 4.69) is 4.98 Å². The monoisotopic (exact) mass is 480 g/mol. The lowest BCUT2D eigenvalue weighted by atomic mass is 10.0. The van der Waals surface area contributed by atoms with E-state index in [9.17, 15) is 9.59 Å². The van der Waals surface area contributed by atoms with E-state index in [1.54, 1.807) is 18.5 Å². The van der Waals surface area contributed by atoms with Gasteiger partial charge in [-0.15, -0.1) is 0 Å². The molecule has 0 N–H and O–H groups in total. The number of allylic oxidation sites excluding steroid dienone is 1. The van der Waals surface area contributed by atoms with Gasteiger partial charge in [0.15, 0.2) is 17.2 Å². The zero-order chi connectivity index (χ0) is 25.1. The molecule has 0 bridgehead atoms. The minimum atomic E-state index is -0.258. The molecule has 6 aromatic rings. The van der Waals surface area contributed by atoms with E-state index in [0.717, 1.165) is 39.0 Å². The number of fused-ring (bicyclic) bond motifs is 3. The third-order valence-electron chi connectivity index (χ3n) is 6.97. The first kappa shape index (κ1) is 21.2. The van der Waals surface area contributed by atoms with Crippen LogP contribution < -0.4 is 0 Å². The highest BCUT2D eigenvalue weighted by Crippen LogP contribution is 2.34. The van der Waals surface area contributed by atoms with Crippen molar-refractivity contribution in [2.24, 2.45) is 7.05 Å². The Bertz CT molecular complexity index is 1860. The van der Waals surface area contributed by atoms with Gasteiger partial charge in [0.1, 0.15) is 5.82 Å². The molecule has 0 radical (unpaired) electrons. The first-order chi connectivity index (χ1) is 18.1. The fourth-order valence-electron chi connectivity index (χ4n) is 5.15. The second kappa shape index (κ2) is 7.96. The van der Waals surface area contributed by atoms with Crippen LogP contribution in [0.25, 0.3) is 45.1 Å². The van der Waals surface area contributed by atoms with E-state index >= 15 is 0 Å². The van der Waals surface area contributed by atoms with Crippen molar-refractivity contribution >= 4 is 39.6 Å². The van der Waals surface area contributed by atoms with E-state index in [1.807, 2.05) is 101 Å². The average molecular weight is 481 g/mol. The number of Topliss-reactive ketones (excluding diaryl/α,β-unsaturated/α-hetero) is 2. The van der Waals surface area contributed by atoms with Crippen LogP contribution in [0.4, 0.5) is 0 Å². The minimum Gasteiger partial charge on any atom is -0.326 e. The molecule has 1 aliphatic rings. The molecule has 1 aliphatic carbocycles. The number of pyridine rings is 1. The lowest BCUT2D eigenvalue weighted by Crippen LogP contribution is -2.03. The summed E-state index contributed by atoms with van der Waals surface area (Å²) < 4.78 is 3.97. The molecule has 7 rings (SSSR count). The summed E-state index contributed by atoms with van der Waals surface area (Å²) in [6.45, 7) is 0. The van der Waals surface area contributed by atoms with E-state index in [0.29, 0.717) is 16.8 Å². The number of hydrogen-bond donors (Lipinski definition) is 0. The van der Waals surface area contributed by atoms with Gasteiger partial charge >= 0.3 is 0 Å². The Morgan fingerprint density at radius 1 is 0.784 bits per heavy atom. The van der Waals surface area contributed by atoms with Crippen molar-refractivity contribution in [1.29, 1.82) is 0 Å². The number of carbonyl (C=O) groups excluding carboxylic acids is 2. The maximum atomic E-state index is 13.4. The number of benzene rings is 3. The van der Waals surface area contributed by atoms with Crippen molar-refractivity contribution in [3.05, 3.63) is 120 Å². The normalized spacial score (nSPS) is 13.1. The Kier molecular flexibility index (Phi) is 4.56. The number of aromatic nitrogens is 4. The van der Waals surface area contributed by atoms with E-state index in [1.165, 1.54) is 0 Å². The molecule has 37 heavy (non-hydrogen) atoms. The third-order valence-corrected chi connectivity index (χ3v) is 6.97. The maximum absolute atomic E-state index is 13.4. The SMILES string of the molecule is Cn1c(-c2ccccc2)nc2c1cc(C=C1C(=O)c3cc4ccccc4cc3C1=O)n2-c1cccnc1. The number of aryl methyl sites for hydroxylation is 1. The summed E-state index contributed by atoms with van der Waals surface area (Å²) in [5.41, 5.74) is 5.15. The largest absolute Gasteiger partial charge is 0.326 e. The van der Waals surface area contributed by atoms with Crippen LogP contribution in [-0.4, -0.2) is 30.7 Å². The summed E-state index contributed by atoms with van der Waals surface area (Å²) in [5.74, 6) is 0.313. The second-order valence-electron chi connectivity index (χ2n) is 9.15. The van der Waals surface area contributed by atoms with Gasteiger partial charge in [0.05, 0.1) is 28.7 Å². The highest BCUT2D eigenvalue weighted by atomic mass is 16.2. The van der Waals surface area contributed by atoms with Crippen molar-refractivity contribution in [1.82, 2.24) is 19.1 Å². The molecular weight excluding hydrogens is 460 g/mol. The molecule has 0 saturated carbocycles. The third kappa shape index (κ3) is 3.19. The van der Waals surface area contributed by atoms with Crippen LogP contribution >= 0.6 is 0 Å². The number of rotatable bonds is 3. The number of carbonyl (C=O) groups is 2. The van der Waals surface area contributed by atoms with Gasteiger partial charge in [-0.3, -0.25) is 19.1 Å². The number of imidazole rings is 1. The van der Waals surface area contributed by atoms with Gasteiger partial charge in [0.25, 0.3) is 0 Å². The Morgan fingerprint density at radius 3 is 2.11 bits per heavy atom. The Morgan fingerprint density at radius 2 is 1.46 bits per heavy atom. The highest BCUT2D eigenvalue weighted by Gasteiger charge is 2.34. The van der Waals surface area contributed by atoms with Crippen molar-refractivity contribution in [2.45, 2.75) is 0 Å². The van der Waals surface area contributed by atoms with Crippen LogP contribution in [0.1, 0.15) is 26.4 Å². The van der Waals surface area contributed by atoms with E-state index in [-0.39, 0.29) is 17.1 Å².